The first-order valence-corrected chi connectivity index (χ1v) is 13.5. The zero-order valence-corrected chi connectivity index (χ0v) is 24.0. The fourth-order valence-electron chi connectivity index (χ4n) is 3.44. The van der Waals surface area contributed by atoms with E-state index in [9.17, 15) is 4.79 Å². The summed E-state index contributed by atoms with van der Waals surface area (Å²) in [6.07, 6.45) is 4.00. The van der Waals surface area contributed by atoms with Crippen molar-refractivity contribution in [3.8, 4) is 0 Å². The minimum atomic E-state index is -0.138. The Morgan fingerprint density at radius 2 is 1.34 bits per heavy atom. The zero-order chi connectivity index (χ0) is 27.8. The third kappa shape index (κ3) is 13.0. The number of benzene rings is 1. The van der Waals surface area contributed by atoms with Gasteiger partial charge in [0.15, 0.2) is 0 Å². The lowest BCUT2D eigenvalue weighted by Crippen LogP contribution is -2.27. The number of aromatic nitrogens is 2. The molecule has 0 saturated heterocycles. The molecule has 0 radical (unpaired) electrons. The SMILES string of the molecule is CC(C)c1cnn(C(C)c2ccc(C(=O)NCCOCCOCCOCCOCCOC(C)(C)C)cc2)c1. The van der Waals surface area contributed by atoms with Crippen LogP contribution in [-0.2, 0) is 23.7 Å². The van der Waals surface area contributed by atoms with E-state index in [2.05, 4.69) is 37.4 Å². The van der Waals surface area contributed by atoms with Crippen LogP contribution in [-0.4, -0.2) is 87.3 Å². The van der Waals surface area contributed by atoms with Gasteiger partial charge in [0.05, 0.1) is 77.3 Å². The largest absolute Gasteiger partial charge is 0.377 e. The molecule has 0 spiro atoms. The molecule has 38 heavy (non-hydrogen) atoms. The van der Waals surface area contributed by atoms with E-state index in [1.807, 2.05) is 55.9 Å². The summed E-state index contributed by atoms with van der Waals surface area (Å²) in [6, 6.07) is 7.74. The van der Waals surface area contributed by atoms with Crippen LogP contribution < -0.4 is 5.32 Å². The monoisotopic (exact) mass is 533 g/mol. The molecule has 1 aromatic heterocycles. The fraction of sp³-hybridized carbons (Fsp3) is 0.655. The minimum absolute atomic E-state index is 0.0969. The van der Waals surface area contributed by atoms with Crippen molar-refractivity contribution in [1.29, 1.82) is 0 Å². The normalized spacial score (nSPS) is 12.7. The second kappa shape index (κ2) is 17.3. The molecule has 1 amide bonds. The molecule has 1 aromatic carbocycles. The summed E-state index contributed by atoms with van der Waals surface area (Å²) < 4.78 is 29.5. The first-order chi connectivity index (χ1) is 18.2. The molecule has 0 bridgehead atoms. The number of nitrogens with zero attached hydrogens (tertiary/aromatic N) is 2. The first kappa shape index (κ1) is 31.9. The third-order valence-corrected chi connectivity index (χ3v) is 5.75. The maximum absolute atomic E-state index is 12.4. The maximum atomic E-state index is 12.4. The molecular weight excluding hydrogens is 486 g/mol. The van der Waals surface area contributed by atoms with Crippen LogP contribution in [0.4, 0.5) is 0 Å². The van der Waals surface area contributed by atoms with Crippen LogP contribution in [0.1, 0.15) is 75.0 Å². The maximum Gasteiger partial charge on any atom is 0.251 e. The molecule has 2 rings (SSSR count). The Balaban J connectivity index is 1.46. The molecule has 0 saturated carbocycles. The quantitative estimate of drug-likeness (QED) is 0.270. The van der Waals surface area contributed by atoms with Gasteiger partial charge in [0.25, 0.3) is 5.91 Å². The summed E-state index contributed by atoms with van der Waals surface area (Å²) in [4.78, 5) is 12.4. The highest BCUT2D eigenvalue weighted by Gasteiger charge is 2.12. The lowest BCUT2D eigenvalue weighted by molar-refractivity contribution is -0.0459. The summed E-state index contributed by atoms with van der Waals surface area (Å²) in [6.45, 7) is 17.5. The van der Waals surface area contributed by atoms with E-state index in [4.69, 9.17) is 23.7 Å². The average Bonchev–Trinajstić information content (AvgIpc) is 3.38. The Morgan fingerprint density at radius 3 is 1.84 bits per heavy atom. The van der Waals surface area contributed by atoms with Crippen molar-refractivity contribution >= 4 is 5.91 Å². The fourth-order valence-corrected chi connectivity index (χ4v) is 3.44. The molecule has 214 valence electrons. The van der Waals surface area contributed by atoms with Crippen LogP contribution in [0, 0.1) is 0 Å². The molecule has 0 aliphatic heterocycles. The number of ether oxygens (including phenoxy) is 5. The summed E-state index contributed by atoms with van der Waals surface area (Å²) in [5, 5.41) is 7.37. The van der Waals surface area contributed by atoms with Gasteiger partial charge in [0.1, 0.15) is 0 Å². The van der Waals surface area contributed by atoms with Gasteiger partial charge in [-0.25, -0.2) is 0 Å². The highest BCUT2D eigenvalue weighted by molar-refractivity contribution is 5.94. The Kier molecular flexibility index (Phi) is 14.5. The van der Waals surface area contributed by atoms with Gasteiger partial charge in [-0.05, 0) is 56.9 Å². The number of carbonyl (C=O) groups is 1. The average molecular weight is 534 g/mol. The molecule has 0 aliphatic carbocycles. The van der Waals surface area contributed by atoms with E-state index < -0.39 is 0 Å². The number of hydrogen-bond donors (Lipinski definition) is 1. The predicted octanol–water partition coefficient (Wildman–Crippen LogP) is 4.23. The first-order valence-electron chi connectivity index (χ1n) is 13.5. The van der Waals surface area contributed by atoms with Gasteiger partial charge in [0, 0.05) is 18.3 Å². The van der Waals surface area contributed by atoms with Crippen LogP contribution >= 0.6 is 0 Å². The molecule has 2 aromatic rings. The van der Waals surface area contributed by atoms with Gasteiger partial charge >= 0.3 is 0 Å². The van der Waals surface area contributed by atoms with Crippen molar-refractivity contribution in [3.05, 3.63) is 53.3 Å². The van der Waals surface area contributed by atoms with Gasteiger partial charge < -0.3 is 29.0 Å². The number of rotatable bonds is 19. The Hall–Kier alpha value is -2.30. The predicted molar refractivity (Wildman–Crippen MR) is 148 cm³/mol. The lowest BCUT2D eigenvalue weighted by atomic mass is 10.1. The second-order valence-electron chi connectivity index (χ2n) is 10.4. The van der Waals surface area contributed by atoms with E-state index in [0.29, 0.717) is 77.5 Å². The summed E-state index contributed by atoms with van der Waals surface area (Å²) in [5.74, 6) is 0.326. The molecule has 0 fully saturated rings. The molecule has 1 heterocycles. The van der Waals surface area contributed by atoms with E-state index >= 15 is 0 Å². The van der Waals surface area contributed by atoms with E-state index in [1.165, 1.54) is 5.56 Å². The molecule has 9 heteroatoms. The van der Waals surface area contributed by atoms with E-state index in [-0.39, 0.29) is 17.6 Å². The molecule has 1 N–H and O–H groups in total. The number of carbonyl (C=O) groups excluding carboxylic acids is 1. The molecule has 0 aliphatic rings. The van der Waals surface area contributed by atoms with Crippen molar-refractivity contribution < 1.29 is 28.5 Å². The topological polar surface area (TPSA) is 93.1 Å². The zero-order valence-electron chi connectivity index (χ0n) is 24.0. The molecule has 9 nitrogen and oxygen atoms in total. The highest BCUT2D eigenvalue weighted by Crippen LogP contribution is 2.21. The van der Waals surface area contributed by atoms with E-state index in [0.717, 1.165) is 5.56 Å². The van der Waals surface area contributed by atoms with Crippen LogP contribution in [0.15, 0.2) is 36.7 Å². The van der Waals surface area contributed by atoms with Gasteiger partial charge in [-0.2, -0.15) is 5.10 Å². The Bertz CT molecular complexity index is 908. The number of amides is 1. The van der Waals surface area contributed by atoms with Crippen molar-refractivity contribution in [2.45, 2.75) is 59.1 Å². The molecule has 1 atom stereocenters. The number of nitrogens with one attached hydrogen (secondary N) is 1. The summed E-state index contributed by atoms with van der Waals surface area (Å²) >= 11 is 0. The van der Waals surface area contributed by atoms with Crippen LogP contribution in [0.2, 0.25) is 0 Å². The molecular formula is C29H47N3O6. The van der Waals surface area contributed by atoms with Gasteiger partial charge in [0.2, 0.25) is 0 Å². The molecule has 1 unspecified atom stereocenters. The van der Waals surface area contributed by atoms with E-state index in [1.54, 1.807) is 0 Å². The second-order valence-corrected chi connectivity index (χ2v) is 10.4. The van der Waals surface area contributed by atoms with Crippen molar-refractivity contribution in [2.75, 3.05) is 66.0 Å². The standard InChI is InChI=1S/C29H47N3O6/c1-23(2)27-21-31-32(22-27)24(3)25-7-9-26(10-8-25)28(33)30-11-12-34-13-14-35-15-16-36-17-18-37-19-20-38-29(4,5)6/h7-10,21-24H,11-20H2,1-6H3,(H,30,33). The van der Waals surface area contributed by atoms with Gasteiger partial charge in [-0.3, -0.25) is 9.48 Å². The Labute approximate surface area is 228 Å². The van der Waals surface area contributed by atoms with Crippen molar-refractivity contribution in [1.82, 2.24) is 15.1 Å². The van der Waals surface area contributed by atoms with Crippen molar-refractivity contribution in [2.24, 2.45) is 0 Å². The summed E-state index contributed by atoms with van der Waals surface area (Å²) in [7, 11) is 0. The van der Waals surface area contributed by atoms with Crippen LogP contribution in [0.3, 0.4) is 0 Å². The smallest absolute Gasteiger partial charge is 0.251 e. The minimum Gasteiger partial charge on any atom is -0.377 e. The van der Waals surface area contributed by atoms with Crippen LogP contribution in [0.25, 0.3) is 0 Å². The van der Waals surface area contributed by atoms with Gasteiger partial charge in [-0.1, -0.05) is 26.0 Å². The summed E-state index contributed by atoms with van der Waals surface area (Å²) in [5.41, 5.74) is 2.80. The number of hydrogen-bond acceptors (Lipinski definition) is 7. The lowest BCUT2D eigenvalue weighted by Gasteiger charge is -2.19. The highest BCUT2D eigenvalue weighted by atomic mass is 16.6. The van der Waals surface area contributed by atoms with Gasteiger partial charge in [-0.15, -0.1) is 0 Å². The Morgan fingerprint density at radius 1 is 0.816 bits per heavy atom. The van der Waals surface area contributed by atoms with Crippen LogP contribution in [0.5, 0.6) is 0 Å². The van der Waals surface area contributed by atoms with Crippen molar-refractivity contribution in [3.63, 3.8) is 0 Å². The third-order valence-electron chi connectivity index (χ3n) is 5.75.